The van der Waals surface area contributed by atoms with Crippen LogP contribution in [-0.2, 0) is 9.59 Å². The monoisotopic (exact) mass is 464 g/mol. The number of aliphatic hydroxyl groups is 2. The lowest BCUT2D eigenvalue weighted by atomic mass is 9.79. The number of amides is 1. The molecule has 4 rings (SSSR count). The molecule has 0 aliphatic carbocycles. The fourth-order valence-electron chi connectivity index (χ4n) is 4.56. The molecule has 0 aromatic carbocycles. The predicted molar refractivity (Wildman–Crippen MR) is 117 cm³/mol. The van der Waals surface area contributed by atoms with Crippen LogP contribution in [-0.4, -0.2) is 79.7 Å². The summed E-state index contributed by atoms with van der Waals surface area (Å²) in [5.41, 5.74) is 1.75. The molecule has 11 heteroatoms. The van der Waals surface area contributed by atoms with Crippen LogP contribution in [0.15, 0.2) is 26.4 Å². The molecule has 5 unspecified atom stereocenters. The van der Waals surface area contributed by atoms with Gasteiger partial charge in [-0.2, -0.15) is 0 Å². The van der Waals surface area contributed by atoms with E-state index in [1.165, 1.54) is 34.3 Å². The Hall–Kier alpha value is -2.21. The first-order valence-corrected chi connectivity index (χ1v) is 11.7. The largest absolute Gasteiger partial charge is 0.477 e. The van der Waals surface area contributed by atoms with Gasteiger partial charge < -0.3 is 25.1 Å². The molecular weight excluding hydrogens is 440 g/mol. The number of aromatic nitrogens is 1. The number of thioether (sulfide) groups is 1. The van der Waals surface area contributed by atoms with E-state index in [1.807, 2.05) is 18.4 Å². The van der Waals surface area contributed by atoms with E-state index in [4.69, 9.17) is 5.41 Å². The molecule has 0 bridgehead atoms. The highest BCUT2D eigenvalue weighted by atomic mass is 32.2. The number of hydrogen-bond acceptors (Lipinski definition) is 8. The van der Waals surface area contributed by atoms with E-state index in [1.54, 1.807) is 11.8 Å². The summed E-state index contributed by atoms with van der Waals surface area (Å²) in [7, 11) is 0. The van der Waals surface area contributed by atoms with Crippen LogP contribution >= 0.6 is 23.1 Å². The maximum absolute atomic E-state index is 12.5. The number of aliphatic hydroxyl groups excluding tert-OH is 2. The van der Waals surface area contributed by atoms with Crippen LogP contribution in [0.5, 0.6) is 0 Å². The minimum Gasteiger partial charge on any atom is -0.477 e. The van der Waals surface area contributed by atoms with Crippen molar-refractivity contribution in [2.75, 3.05) is 13.2 Å². The minimum atomic E-state index is -1.15. The Labute approximate surface area is 187 Å². The number of aliphatic carboxylic acids is 1. The lowest BCUT2D eigenvalue weighted by molar-refractivity contribution is -0.163. The van der Waals surface area contributed by atoms with Gasteiger partial charge in [0.1, 0.15) is 5.70 Å². The molecular formula is C20H24N4O5S2. The van der Waals surface area contributed by atoms with Crippen LogP contribution < -0.4 is 0 Å². The topological polar surface area (TPSA) is 138 Å². The number of fused-ring (bicyclic) bond motifs is 1. The summed E-state index contributed by atoms with van der Waals surface area (Å²) in [5.74, 6) is -2.31. The molecule has 5 atom stereocenters. The van der Waals surface area contributed by atoms with Gasteiger partial charge in [0.15, 0.2) is 4.34 Å². The zero-order valence-corrected chi connectivity index (χ0v) is 18.7. The molecule has 1 amide bonds. The Morgan fingerprint density at radius 3 is 2.87 bits per heavy atom. The van der Waals surface area contributed by atoms with Gasteiger partial charge in [0.2, 0.25) is 5.91 Å². The van der Waals surface area contributed by atoms with Crippen molar-refractivity contribution in [2.24, 2.45) is 11.8 Å². The van der Waals surface area contributed by atoms with Crippen molar-refractivity contribution in [3.8, 4) is 0 Å². The third kappa shape index (κ3) is 3.59. The van der Waals surface area contributed by atoms with Gasteiger partial charge >= 0.3 is 5.97 Å². The summed E-state index contributed by atoms with van der Waals surface area (Å²) < 4.78 is 0.676. The second-order valence-electron chi connectivity index (χ2n) is 7.97. The van der Waals surface area contributed by atoms with Gasteiger partial charge in [-0.05, 0) is 18.9 Å². The average molecular weight is 465 g/mol. The highest BCUT2D eigenvalue weighted by Crippen LogP contribution is 2.52. The molecule has 31 heavy (non-hydrogen) atoms. The van der Waals surface area contributed by atoms with Gasteiger partial charge in [0, 0.05) is 22.7 Å². The molecule has 0 radical (unpaired) electrons. The van der Waals surface area contributed by atoms with Crippen LogP contribution in [0.2, 0.25) is 0 Å². The summed E-state index contributed by atoms with van der Waals surface area (Å²) in [4.78, 5) is 32.7. The van der Waals surface area contributed by atoms with Gasteiger partial charge in [0.05, 0.1) is 42.7 Å². The molecule has 166 valence electrons. The molecule has 1 fully saturated rings. The second-order valence-corrected chi connectivity index (χ2v) is 10.1. The van der Waals surface area contributed by atoms with Crippen molar-refractivity contribution < 1.29 is 24.9 Å². The van der Waals surface area contributed by atoms with Crippen LogP contribution in [0.25, 0.3) is 5.57 Å². The number of nitrogens with one attached hydrogen (secondary N) is 1. The van der Waals surface area contributed by atoms with E-state index in [0.717, 1.165) is 11.3 Å². The molecule has 4 N–H and O–H groups in total. The van der Waals surface area contributed by atoms with Crippen LogP contribution in [0.3, 0.4) is 0 Å². The lowest BCUT2D eigenvalue weighted by Crippen LogP contribution is -2.63. The summed E-state index contributed by atoms with van der Waals surface area (Å²) in [5, 5.41) is 38.7. The van der Waals surface area contributed by atoms with E-state index in [-0.39, 0.29) is 36.2 Å². The van der Waals surface area contributed by atoms with Crippen LogP contribution in [0.1, 0.15) is 26.0 Å². The van der Waals surface area contributed by atoms with E-state index in [9.17, 15) is 24.9 Å². The molecule has 0 spiro atoms. The Morgan fingerprint density at radius 1 is 1.52 bits per heavy atom. The highest BCUT2D eigenvalue weighted by Gasteiger charge is 2.60. The molecule has 0 saturated carbocycles. The van der Waals surface area contributed by atoms with Crippen molar-refractivity contribution in [2.45, 2.75) is 42.8 Å². The number of carboxylic acids is 1. The molecule has 3 aliphatic heterocycles. The van der Waals surface area contributed by atoms with Gasteiger partial charge in [-0.15, -0.1) is 11.3 Å². The second kappa shape index (κ2) is 8.38. The maximum Gasteiger partial charge on any atom is 0.353 e. The van der Waals surface area contributed by atoms with Crippen molar-refractivity contribution in [1.82, 2.24) is 14.8 Å². The summed E-state index contributed by atoms with van der Waals surface area (Å²) in [6, 6.07) is -0.516. The first-order chi connectivity index (χ1) is 14.8. The zero-order chi connectivity index (χ0) is 22.4. The number of carbonyl (C=O) groups is 2. The van der Waals surface area contributed by atoms with Gasteiger partial charge in [-0.1, -0.05) is 24.8 Å². The fourth-order valence-corrected chi connectivity index (χ4v) is 6.67. The van der Waals surface area contributed by atoms with Gasteiger partial charge in [-0.25, -0.2) is 9.78 Å². The number of carbonyl (C=O) groups excluding carboxylic acids is 1. The average Bonchev–Trinajstić information content (AvgIpc) is 3.29. The van der Waals surface area contributed by atoms with Crippen LogP contribution in [0, 0.1) is 17.2 Å². The van der Waals surface area contributed by atoms with E-state index in [2.05, 4.69) is 4.98 Å². The first kappa shape index (κ1) is 22.0. The molecule has 1 aromatic heterocycles. The number of thiazole rings is 1. The van der Waals surface area contributed by atoms with Crippen molar-refractivity contribution in [3.05, 3.63) is 27.8 Å². The third-order valence-corrected chi connectivity index (χ3v) is 8.39. The number of nitrogens with zero attached hydrogens (tertiary/aromatic N) is 3. The summed E-state index contributed by atoms with van der Waals surface area (Å²) in [6.45, 7) is 3.91. The Kier molecular flexibility index (Phi) is 5.95. The molecule has 1 aromatic rings. The van der Waals surface area contributed by atoms with Crippen LogP contribution in [0.4, 0.5) is 0 Å². The Bertz CT molecular complexity index is 988. The molecule has 3 aliphatic rings. The third-order valence-electron chi connectivity index (χ3n) is 6.17. The van der Waals surface area contributed by atoms with Crippen molar-refractivity contribution in [3.63, 3.8) is 0 Å². The number of β-lactam (4-membered cyclic amide) rings is 1. The molecule has 1 saturated heterocycles. The van der Waals surface area contributed by atoms with Gasteiger partial charge in [-0.3, -0.25) is 10.2 Å². The number of rotatable bonds is 7. The summed E-state index contributed by atoms with van der Waals surface area (Å²) in [6.07, 6.45) is 2.95. The fraction of sp³-hybridized carbons (Fsp3) is 0.500. The zero-order valence-electron chi connectivity index (χ0n) is 17.1. The molecule has 9 nitrogen and oxygen atoms in total. The smallest absolute Gasteiger partial charge is 0.353 e. The number of carboxylic acid groups (broad SMARTS) is 1. The summed E-state index contributed by atoms with van der Waals surface area (Å²) >= 11 is 2.67. The predicted octanol–water partition coefficient (Wildman–Crippen LogP) is 1.45. The minimum absolute atomic E-state index is 0.0139. The highest BCUT2D eigenvalue weighted by molar-refractivity contribution is 8.04. The van der Waals surface area contributed by atoms with Crippen molar-refractivity contribution >= 4 is 46.9 Å². The SMILES string of the molecule is CC(O)C1C(=O)N2C(C(=O)O)=C(Sc3nc(C4=CCN(C=N)C(CO)C4)cs3)C(C)C12. The standard InChI is InChI=1S/C20H24N4O5S2/c1-9-15-14(10(2)26)18(27)24(15)16(19(28)29)17(9)31-20-22-13(7-30-20)11-3-4-23(8-21)12(5-11)6-25/h3,7-10,12,14-15,21,25-26H,4-6H2,1-2H3,(H,28,29). The quantitative estimate of drug-likeness (QED) is 0.270. The Balaban J connectivity index is 1.57. The lowest BCUT2D eigenvalue weighted by Gasteiger charge is -2.46. The first-order valence-electron chi connectivity index (χ1n) is 9.97. The molecule has 4 heterocycles. The number of hydrogen-bond donors (Lipinski definition) is 4. The maximum atomic E-state index is 12.5. The normalized spacial score (nSPS) is 28.9. The van der Waals surface area contributed by atoms with E-state index in [0.29, 0.717) is 22.2 Å². The van der Waals surface area contributed by atoms with E-state index < -0.39 is 18.0 Å². The van der Waals surface area contributed by atoms with E-state index >= 15 is 0 Å². The van der Waals surface area contributed by atoms with Crippen molar-refractivity contribution in [1.29, 1.82) is 5.41 Å². The Morgan fingerprint density at radius 2 is 2.26 bits per heavy atom. The van der Waals surface area contributed by atoms with Gasteiger partial charge in [0.25, 0.3) is 0 Å².